The molecule has 4 rings (SSSR count). The zero-order valence-electron chi connectivity index (χ0n) is 16.0. The number of nitrogens with one attached hydrogen (secondary N) is 1. The number of amides is 1. The van der Waals surface area contributed by atoms with E-state index in [9.17, 15) is 14.9 Å². The molecule has 0 bridgehead atoms. The van der Waals surface area contributed by atoms with Gasteiger partial charge >= 0.3 is 0 Å². The van der Waals surface area contributed by atoms with Crippen LogP contribution in [0.25, 0.3) is 5.70 Å². The summed E-state index contributed by atoms with van der Waals surface area (Å²) in [5.41, 5.74) is 3.04. The van der Waals surface area contributed by atoms with Gasteiger partial charge in [-0.05, 0) is 38.6 Å². The summed E-state index contributed by atoms with van der Waals surface area (Å²) in [4.78, 5) is 25.8. The van der Waals surface area contributed by atoms with Crippen LogP contribution in [-0.4, -0.2) is 34.9 Å². The third-order valence-electron chi connectivity index (χ3n) is 5.25. The molecule has 0 aliphatic carbocycles. The molecule has 144 valence electrons. The lowest BCUT2D eigenvalue weighted by Gasteiger charge is -2.39. The third kappa shape index (κ3) is 2.75. The second-order valence-electron chi connectivity index (χ2n) is 7.46. The standard InChI is InChI=1S/C21H21N3O4/c1-21(2)17(11-22-3)19(16-10-14(24(26)27)8-9-18(16)28-21)23-12-13-6-4-5-7-15(13)20(23)25/h4-10,22H,11-12H2,1-3H3. The van der Waals surface area contributed by atoms with Gasteiger partial charge in [0.25, 0.3) is 11.6 Å². The van der Waals surface area contributed by atoms with Gasteiger partial charge in [0.05, 0.1) is 17.2 Å². The van der Waals surface area contributed by atoms with Crippen LogP contribution in [0.3, 0.4) is 0 Å². The average Bonchev–Trinajstić information content (AvgIpc) is 2.98. The number of hydrogen-bond acceptors (Lipinski definition) is 5. The minimum absolute atomic E-state index is 0.0347. The molecule has 0 unspecified atom stereocenters. The van der Waals surface area contributed by atoms with Crippen LogP contribution in [0.1, 0.15) is 35.3 Å². The van der Waals surface area contributed by atoms with Crippen molar-refractivity contribution in [2.45, 2.75) is 26.0 Å². The number of hydrogen-bond donors (Lipinski definition) is 1. The lowest BCUT2D eigenvalue weighted by atomic mass is 9.88. The van der Waals surface area contributed by atoms with Crippen molar-refractivity contribution in [1.82, 2.24) is 10.2 Å². The Morgan fingerprint density at radius 3 is 2.64 bits per heavy atom. The zero-order valence-corrected chi connectivity index (χ0v) is 16.0. The smallest absolute Gasteiger partial charge is 0.270 e. The van der Waals surface area contributed by atoms with Gasteiger partial charge in [-0.3, -0.25) is 14.9 Å². The van der Waals surface area contributed by atoms with E-state index in [4.69, 9.17) is 4.74 Å². The summed E-state index contributed by atoms with van der Waals surface area (Å²) in [5.74, 6) is 0.434. The molecule has 0 saturated heterocycles. The Hall–Kier alpha value is -3.19. The number of carbonyl (C=O) groups is 1. The molecule has 0 radical (unpaired) electrons. The second-order valence-corrected chi connectivity index (χ2v) is 7.46. The molecule has 2 heterocycles. The van der Waals surface area contributed by atoms with Crippen molar-refractivity contribution in [2.24, 2.45) is 0 Å². The Bertz CT molecular complexity index is 1030. The van der Waals surface area contributed by atoms with E-state index in [2.05, 4.69) is 5.32 Å². The topological polar surface area (TPSA) is 84.7 Å². The molecule has 0 fully saturated rings. The number of nitro groups is 1. The number of nitro benzene ring substituents is 1. The van der Waals surface area contributed by atoms with Crippen molar-refractivity contribution < 1.29 is 14.5 Å². The molecular formula is C21H21N3O4. The Morgan fingerprint density at radius 2 is 1.96 bits per heavy atom. The molecule has 0 aromatic heterocycles. The molecule has 2 aliphatic rings. The Balaban J connectivity index is 1.94. The summed E-state index contributed by atoms with van der Waals surface area (Å²) >= 11 is 0. The predicted octanol–water partition coefficient (Wildman–Crippen LogP) is 3.35. The summed E-state index contributed by atoms with van der Waals surface area (Å²) in [6.45, 7) is 4.80. The van der Waals surface area contributed by atoms with Crippen LogP contribution in [0.2, 0.25) is 0 Å². The monoisotopic (exact) mass is 379 g/mol. The van der Waals surface area contributed by atoms with Gasteiger partial charge in [-0.2, -0.15) is 0 Å². The summed E-state index contributed by atoms with van der Waals surface area (Å²) in [6, 6.07) is 12.0. The molecule has 0 spiro atoms. The highest BCUT2D eigenvalue weighted by Gasteiger charge is 2.41. The number of nitrogens with zero attached hydrogens (tertiary/aromatic N) is 2. The molecule has 0 atom stereocenters. The zero-order chi connectivity index (χ0) is 20.1. The molecule has 2 aromatic rings. The number of fused-ring (bicyclic) bond motifs is 2. The quantitative estimate of drug-likeness (QED) is 0.650. The molecule has 7 nitrogen and oxygen atoms in total. The first kappa shape index (κ1) is 18.2. The number of ether oxygens (including phenoxy) is 1. The van der Waals surface area contributed by atoms with Crippen LogP contribution in [0.15, 0.2) is 48.0 Å². The maximum Gasteiger partial charge on any atom is 0.270 e. The number of benzene rings is 2. The van der Waals surface area contributed by atoms with Crippen LogP contribution in [0.5, 0.6) is 5.75 Å². The van der Waals surface area contributed by atoms with Gasteiger partial charge in [0.15, 0.2) is 0 Å². The summed E-state index contributed by atoms with van der Waals surface area (Å²) < 4.78 is 6.16. The Kier molecular flexibility index (Phi) is 4.19. The first-order valence-corrected chi connectivity index (χ1v) is 9.09. The van der Waals surface area contributed by atoms with Gasteiger partial charge in [0.2, 0.25) is 0 Å². The Labute approximate surface area is 162 Å². The van der Waals surface area contributed by atoms with Gasteiger partial charge in [-0.1, -0.05) is 18.2 Å². The van der Waals surface area contributed by atoms with Crippen LogP contribution in [0.4, 0.5) is 5.69 Å². The fraction of sp³-hybridized carbons (Fsp3) is 0.286. The minimum Gasteiger partial charge on any atom is -0.483 e. The lowest BCUT2D eigenvalue weighted by molar-refractivity contribution is -0.384. The maximum absolute atomic E-state index is 13.2. The molecule has 7 heteroatoms. The number of carbonyl (C=O) groups excluding carboxylic acids is 1. The first-order chi connectivity index (χ1) is 13.3. The van der Waals surface area contributed by atoms with Gasteiger partial charge < -0.3 is 15.0 Å². The van der Waals surface area contributed by atoms with Gasteiger partial charge in [-0.25, -0.2) is 0 Å². The van der Waals surface area contributed by atoms with Crippen LogP contribution in [-0.2, 0) is 6.54 Å². The van der Waals surface area contributed by atoms with Crippen molar-refractivity contribution in [3.8, 4) is 5.75 Å². The summed E-state index contributed by atoms with van der Waals surface area (Å²) in [6.07, 6.45) is 0. The number of rotatable bonds is 4. The third-order valence-corrected chi connectivity index (χ3v) is 5.25. The number of likely N-dealkylation sites (N-methyl/N-ethyl adjacent to an activating group) is 1. The summed E-state index contributed by atoms with van der Waals surface area (Å²) in [7, 11) is 1.82. The molecular weight excluding hydrogens is 358 g/mol. The van der Waals surface area contributed by atoms with Gasteiger partial charge in [-0.15, -0.1) is 0 Å². The molecule has 0 saturated carbocycles. The summed E-state index contributed by atoms with van der Waals surface area (Å²) in [5, 5.41) is 14.5. The number of non-ortho nitro benzene ring substituents is 1. The van der Waals surface area contributed by atoms with Crippen molar-refractivity contribution in [3.05, 3.63) is 74.8 Å². The fourth-order valence-corrected chi connectivity index (χ4v) is 3.91. The van der Waals surface area contributed by atoms with E-state index in [1.165, 1.54) is 12.1 Å². The van der Waals surface area contributed by atoms with Crippen molar-refractivity contribution in [3.63, 3.8) is 0 Å². The van der Waals surface area contributed by atoms with Crippen molar-refractivity contribution >= 4 is 17.3 Å². The van der Waals surface area contributed by atoms with E-state index in [0.29, 0.717) is 35.7 Å². The highest BCUT2D eigenvalue weighted by Crippen LogP contribution is 2.45. The van der Waals surface area contributed by atoms with Gasteiger partial charge in [0, 0.05) is 35.4 Å². The predicted molar refractivity (Wildman–Crippen MR) is 105 cm³/mol. The van der Waals surface area contributed by atoms with E-state index in [1.54, 1.807) is 11.0 Å². The largest absolute Gasteiger partial charge is 0.483 e. The average molecular weight is 379 g/mol. The van der Waals surface area contributed by atoms with E-state index in [0.717, 1.165) is 11.1 Å². The second kappa shape index (κ2) is 6.45. The molecule has 28 heavy (non-hydrogen) atoms. The molecule has 1 amide bonds. The maximum atomic E-state index is 13.2. The molecule has 2 aromatic carbocycles. The van der Waals surface area contributed by atoms with E-state index in [-0.39, 0.29) is 11.6 Å². The van der Waals surface area contributed by atoms with Gasteiger partial charge in [0.1, 0.15) is 11.4 Å². The first-order valence-electron chi connectivity index (χ1n) is 9.09. The van der Waals surface area contributed by atoms with Crippen molar-refractivity contribution in [1.29, 1.82) is 0 Å². The highest BCUT2D eigenvalue weighted by atomic mass is 16.6. The Morgan fingerprint density at radius 1 is 1.21 bits per heavy atom. The molecule has 1 N–H and O–H groups in total. The highest BCUT2D eigenvalue weighted by molar-refractivity contribution is 6.04. The normalized spacial score (nSPS) is 17.2. The van der Waals surface area contributed by atoms with Crippen LogP contribution >= 0.6 is 0 Å². The van der Waals surface area contributed by atoms with E-state index < -0.39 is 10.5 Å². The van der Waals surface area contributed by atoms with Crippen molar-refractivity contribution in [2.75, 3.05) is 13.6 Å². The molecule has 2 aliphatic heterocycles. The van der Waals surface area contributed by atoms with Crippen LogP contribution in [0, 0.1) is 10.1 Å². The fourth-order valence-electron chi connectivity index (χ4n) is 3.91. The lowest BCUT2D eigenvalue weighted by Crippen LogP contribution is -2.42. The van der Waals surface area contributed by atoms with E-state index in [1.807, 2.05) is 45.2 Å². The van der Waals surface area contributed by atoms with Crippen LogP contribution < -0.4 is 10.1 Å². The van der Waals surface area contributed by atoms with E-state index >= 15 is 0 Å². The minimum atomic E-state index is -0.670. The SMILES string of the molecule is CNCC1=C(N2Cc3ccccc3C2=O)c2cc([N+](=O)[O-])ccc2OC1(C)C.